The Kier molecular flexibility index (Phi) is 3.85. The quantitative estimate of drug-likeness (QED) is 0.686. The van der Waals surface area contributed by atoms with Crippen LogP contribution in [0.4, 0.5) is 0 Å². The van der Waals surface area contributed by atoms with Crippen molar-refractivity contribution in [2.45, 2.75) is 62.7 Å². The van der Waals surface area contributed by atoms with Crippen LogP contribution in [-0.4, -0.2) is 67.8 Å². The summed E-state index contributed by atoms with van der Waals surface area (Å²) in [6.07, 6.45) is 4.28. The van der Waals surface area contributed by atoms with E-state index < -0.39 is 6.29 Å². The average Bonchev–Trinajstić information content (AvgIpc) is 3.30. The minimum Gasteiger partial charge on any atom is -0.458 e. The molecule has 7 heteroatoms. The number of likely N-dealkylation sites (N-methyl/N-ethyl adjacent to an activating group) is 1. The Hall–Kier alpha value is -1.12. The molecular weight excluding hydrogens is 350 g/mol. The van der Waals surface area contributed by atoms with Crippen molar-refractivity contribution in [3.05, 3.63) is 22.7 Å². The number of likely N-dealkylation sites (tertiary alicyclic amines) is 1. The van der Waals surface area contributed by atoms with Crippen LogP contribution in [0.1, 0.15) is 32.1 Å². The van der Waals surface area contributed by atoms with E-state index in [0.717, 1.165) is 50.0 Å². The zero-order chi connectivity index (χ0) is 18.1. The topological polar surface area (TPSA) is 69.6 Å². The SMILES string of the molecule is CN1CCC2CC3OCOC3CC2C2OC(O)C3=C(CCC4=C3OCO4)C21. The standard InChI is InChI=1S/C20H27NO6/c1-21-5-4-10-6-14-15(25-8-24-14)7-12(10)18-17(21)11-2-3-13-19(26-9-23-13)16(11)20(22)27-18/h10,12,14-15,17-18,20,22H,2-9H2,1H3. The summed E-state index contributed by atoms with van der Waals surface area (Å²) in [5.74, 6) is 2.50. The first-order valence-electron chi connectivity index (χ1n) is 10.2. The Morgan fingerprint density at radius 1 is 1.04 bits per heavy atom. The molecular formula is C20H27NO6. The summed E-state index contributed by atoms with van der Waals surface area (Å²) < 4.78 is 29.3. The van der Waals surface area contributed by atoms with Crippen molar-refractivity contribution < 1.29 is 28.8 Å². The van der Waals surface area contributed by atoms with Gasteiger partial charge in [0.05, 0.1) is 29.9 Å². The maximum atomic E-state index is 10.9. The van der Waals surface area contributed by atoms with E-state index in [1.807, 2.05) is 0 Å². The lowest BCUT2D eigenvalue weighted by Crippen LogP contribution is -2.54. The minimum atomic E-state index is -0.945. The van der Waals surface area contributed by atoms with E-state index in [9.17, 15) is 5.11 Å². The predicted octanol–water partition coefficient (Wildman–Crippen LogP) is 1.48. The van der Waals surface area contributed by atoms with E-state index in [1.54, 1.807) is 0 Å². The smallest absolute Gasteiger partial charge is 0.230 e. The van der Waals surface area contributed by atoms with Gasteiger partial charge >= 0.3 is 0 Å². The van der Waals surface area contributed by atoms with E-state index in [-0.39, 0.29) is 31.1 Å². The van der Waals surface area contributed by atoms with Gasteiger partial charge in [0, 0.05) is 6.42 Å². The highest BCUT2D eigenvalue weighted by Gasteiger charge is 2.53. The van der Waals surface area contributed by atoms with Crippen LogP contribution in [0.15, 0.2) is 22.7 Å². The zero-order valence-corrected chi connectivity index (χ0v) is 15.6. The van der Waals surface area contributed by atoms with Gasteiger partial charge in [-0.1, -0.05) is 0 Å². The third kappa shape index (κ3) is 2.45. The molecule has 7 atom stereocenters. The predicted molar refractivity (Wildman–Crippen MR) is 93.1 cm³/mol. The molecule has 4 heterocycles. The average molecular weight is 377 g/mol. The molecule has 0 radical (unpaired) electrons. The van der Waals surface area contributed by atoms with Gasteiger partial charge in [0.15, 0.2) is 12.0 Å². The largest absolute Gasteiger partial charge is 0.458 e. The van der Waals surface area contributed by atoms with Crippen LogP contribution < -0.4 is 0 Å². The van der Waals surface area contributed by atoms with Gasteiger partial charge in [-0.2, -0.15) is 0 Å². The number of hydrogen-bond donors (Lipinski definition) is 1. The second-order valence-corrected chi connectivity index (χ2v) is 8.69. The Balaban J connectivity index is 1.39. The summed E-state index contributed by atoms with van der Waals surface area (Å²) in [5.41, 5.74) is 2.09. The van der Waals surface area contributed by atoms with Crippen LogP contribution in [0.25, 0.3) is 0 Å². The molecule has 0 aromatic rings. The molecule has 0 spiro atoms. The van der Waals surface area contributed by atoms with Crippen molar-refractivity contribution in [1.29, 1.82) is 0 Å². The summed E-state index contributed by atoms with van der Waals surface area (Å²) >= 11 is 0. The van der Waals surface area contributed by atoms with Gasteiger partial charge in [-0.05, 0) is 56.7 Å². The van der Waals surface area contributed by atoms with Crippen molar-refractivity contribution in [3.63, 3.8) is 0 Å². The molecule has 3 fully saturated rings. The van der Waals surface area contributed by atoms with Gasteiger partial charge in [0.1, 0.15) is 12.6 Å². The number of hydrogen-bond acceptors (Lipinski definition) is 7. The summed E-state index contributed by atoms with van der Waals surface area (Å²) in [6, 6.07) is 0.176. The van der Waals surface area contributed by atoms with Crippen LogP contribution in [-0.2, 0) is 23.7 Å². The van der Waals surface area contributed by atoms with Gasteiger partial charge in [0.25, 0.3) is 0 Å². The molecule has 6 rings (SSSR count). The van der Waals surface area contributed by atoms with Crippen molar-refractivity contribution in [2.24, 2.45) is 11.8 Å². The van der Waals surface area contributed by atoms with Gasteiger partial charge in [-0.25, -0.2) is 0 Å². The Morgan fingerprint density at radius 2 is 1.89 bits per heavy atom. The van der Waals surface area contributed by atoms with Gasteiger partial charge < -0.3 is 28.8 Å². The lowest BCUT2D eigenvalue weighted by molar-refractivity contribution is -0.170. The van der Waals surface area contributed by atoms with Crippen molar-refractivity contribution in [2.75, 3.05) is 27.2 Å². The van der Waals surface area contributed by atoms with Crippen LogP contribution in [0, 0.1) is 11.8 Å². The lowest BCUT2D eigenvalue weighted by Gasteiger charge is -2.47. The van der Waals surface area contributed by atoms with Crippen LogP contribution in [0.3, 0.4) is 0 Å². The third-order valence-electron chi connectivity index (χ3n) is 7.48. The third-order valence-corrected chi connectivity index (χ3v) is 7.48. The van der Waals surface area contributed by atoms with E-state index >= 15 is 0 Å². The zero-order valence-electron chi connectivity index (χ0n) is 15.6. The molecule has 2 saturated heterocycles. The van der Waals surface area contributed by atoms with E-state index in [2.05, 4.69) is 11.9 Å². The van der Waals surface area contributed by atoms with E-state index in [0.29, 0.717) is 24.4 Å². The lowest BCUT2D eigenvalue weighted by atomic mass is 9.70. The van der Waals surface area contributed by atoms with Gasteiger partial charge in [0.2, 0.25) is 6.79 Å². The van der Waals surface area contributed by atoms with Crippen molar-refractivity contribution in [3.8, 4) is 0 Å². The number of aliphatic hydroxyl groups is 1. The first-order chi connectivity index (χ1) is 13.2. The summed E-state index contributed by atoms with van der Waals surface area (Å²) in [5, 5.41) is 10.9. The fraction of sp³-hybridized carbons (Fsp3) is 0.800. The minimum absolute atomic E-state index is 0.0223. The summed E-state index contributed by atoms with van der Waals surface area (Å²) in [7, 11) is 2.18. The molecule has 7 nitrogen and oxygen atoms in total. The van der Waals surface area contributed by atoms with Gasteiger partial charge in [-0.3, -0.25) is 4.90 Å². The molecule has 0 aromatic carbocycles. The number of ether oxygens (including phenoxy) is 5. The van der Waals surface area contributed by atoms with E-state index in [1.165, 1.54) is 5.57 Å². The normalized spacial score (nSPS) is 46.5. The van der Waals surface area contributed by atoms with Crippen LogP contribution >= 0.6 is 0 Å². The molecule has 2 aliphatic carbocycles. The molecule has 0 aromatic heterocycles. The molecule has 27 heavy (non-hydrogen) atoms. The number of nitrogens with zero attached hydrogens (tertiary/aromatic N) is 1. The fourth-order valence-electron chi connectivity index (χ4n) is 6.21. The molecule has 7 unspecified atom stereocenters. The second-order valence-electron chi connectivity index (χ2n) is 8.69. The van der Waals surface area contributed by atoms with E-state index in [4.69, 9.17) is 23.7 Å². The van der Waals surface area contributed by atoms with Crippen molar-refractivity contribution in [1.82, 2.24) is 4.90 Å². The summed E-state index contributed by atoms with van der Waals surface area (Å²) in [6.45, 7) is 1.68. The Labute approximate surface area is 158 Å². The number of fused-ring (bicyclic) bond motifs is 6. The highest BCUT2D eigenvalue weighted by molar-refractivity contribution is 5.44. The summed E-state index contributed by atoms with van der Waals surface area (Å²) in [4.78, 5) is 2.42. The Morgan fingerprint density at radius 3 is 2.78 bits per heavy atom. The molecule has 0 bridgehead atoms. The first-order valence-corrected chi connectivity index (χ1v) is 10.2. The van der Waals surface area contributed by atoms with Crippen LogP contribution in [0.5, 0.6) is 0 Å². The highest BCUT2D eigenvalue weighted by Crippen LogP contribution is 2.50. The molecule has 6 aliphatic rings. The maximum Gasteiger partial charge on any atom is 0.230 e. The molecule has 148 valence electrons. The number of rotatable bonds is 0. The maximum absolute atomic E-state index is 10.9. The number of aliphatic hydroxyl groups excluding tert-OH is 1. The van der Waals surface area contributed by atoms with Crippen LogP contribution in [0.2, 0.25) is 0 Å². The molecule has 1 saturated carbocycles. The number of allylic oxidation sites excluding steroid dienone is 1. The molecule has 4 aliphatic heterocycles. The second kappa shape index (κ2) is 6.19. The Bertz CT molecular complexity index is 705. The van der Waals surface area contributed by atoms with Crippen molar-refractivity contribution >= 4 is 0 Å². The fourth-order valence-corrected chi connectivity index (χ4v) is 6.21. The molecule has 1 N–H and O–H groups in total. The highest BCUT2D eigenvalue weighted by atomic mass is 16.7. The first kappa shape index (κ1) is 16.8. The van der Waals surface area contributed by atoms with Gasteiger partial charge in [-0.15, -0.1) is 0 Å². The molecule has 0 amide bonds. The monoisotopic (exact) mass is 377 g/mol.